The van der Waals surface area contributed by atoms with Gasteiger partial charge in [-0.15, -0.1) is 20.4 Å². The number of rotatable bonds is 7. The van der Waals surface area contributed by atoms with E-state index in [4.69, 9.17) is 9.15 Å². The number of nitrogens with zero attached hydrogens (tertiary/aromatic N) is 6. The highest BCUT2D eigenvalue weighted by atomic mass is 32.2. The van der Waals surface area contributed by atoms with Crippen molar-refractivity contribution in [3.63, 3.8) is 0 Å². The molecule has 0 aliphatic carbocycles. The molecule has 0 unspecified atom stereocenters. The lowest BCUT2D eigenvalue weighted by Crippen LogP contribution is -2.38. The SMILES string of the molecule is Cc1nnc(CSc2nnc(-c3ccc(F)cc3)n2CCN2CCOCC2)o1. The van der Waals surface area contributed by atoms with Crippen LogP contribution in [-0.2, 0) is 17.0 Å². The smallest absolute Gasteiger partial charge is 0.226 e. The van der Waals surface area contributed by atoms with E-state index in [2.05, 4.69) is 29.9 Å². The minimum atomic E-state index is -0.274. The van der Waals surface area contributed by atoms with Gasteiger partial charge in [0.15, 0.2) is 11.0 Å². The van der Waals surface area contributed by atoms with Crippen LogP contribution in [0.5, 0.6) is 0 Å². The highest BCUT2D eigenvalue weighted by Gasteiger charge is 2.18. The Morgan fingerprint density at radius 1 is 1.04 bits per heavy atom. The monoisotopic (exact) mass is 404 g/mol. The van der Waals surface area contributed by atoms with E-state index in [1.165, 1.54) is 23.9 Å². The van der Waals surface area contributed by atoms with Gasteiger partial charge in [-0.3, -0.25) is 4.90 Å². The third-order valence-corrected chi connectivity index (χ3v) is 5.41. The molecule has 2 aromatic heterocycles. The standard InChI is InChI=1S/C18H21FN6O2S/c1-13-20-21-16(27-13)12-28-18-23-22-17(14-2-4-15(19)5-3-14)25(18)7-6-24-8-10-26-11-9-24/h2-5H,6-12H2,1H3. The molecule has 148 valence electrons. The molecular formula is C18H21FN6O2S. The van der Waals surface area contributed by atoms with E-state index >= 15 is 0 Å². The van der Waals surface area contributed by atoms with Gasteiger partial charge >= 0.3 is 0 Å². The Morgan fingerprint density at radius 2 is 1.82 bits per heavy atom. The number of benzene rings is 1. The first-order valence-electron chi connectivity index (χ1n) is 9.10. The van der Waals surface area contributed by atoms with Gasteiger partial charge < -0.3 is 13.7 Å². The van der Waals surface area contributed by atoms with Crippen LogP contribution in [0.15, 0.2) is 33.8 Å². The molecule has 4 rings (SSSR count). The van der Waals surface area contributed by atoms with Gasteiger partial charge in [-0.2, -0.15) is 0 Å². The summed E-state index contributed by atoms with van der Waals surface area (Å²) in [6, 6.07) is 6.31. The molecule has 0 spiro atoms. The first-order valence-corrected chi connectivity index (χ1v) is 10.1. The molecule has 1 fully saturated rings. The van der Waals surface area contributed by atoms with E-state index in [1.54, 1.807) is 19.1 Å². The van der Waals surface area contributed by atoms with Gasteiger partial charge in [0.25, 0.3) is 0 Å². The van der Waals surface area contributed by atoms with Crippen molar-refractivity contribution in [1.29, 1.82) is 0 Å². The van der Waals surface area contributed by atoms with Crippen LogP contribution in [0.4, 0.5) is 4.39 Å². The van der Waals surface area contributed by atoms with Gasteiger partial charge in [-0.05, 0) is 24.3 Å². The number of aromatic nitrogens is 5. The van der Waals surface area contributed by atoms with E-state index in [0.717, 1.165) is 55.9 Å². The predicted octanol–water partition coefficient (Wildman–Crippen LogP) is 2.40. The van der Waals surface area contributed by atoms with E-state index in [0.29, 0.717) is 17.5 Å². The Morgan fingerprint density at radius 3 is 2.54 bits per heavy atom. The molecule has 1 aromatic carbocycles. The third-order valence-electron chi connectivity index (χ3n) is 4.46. The minimum Gasteiger partial charge on any atom is -0.425 e. The molecule has 0 atom stereocenters. The van der Waals surface area contributed by atoms with Crippen LogP contribution in [0.2, 0.25) is 0 Å². The summed E-state index contributed by atoms with van der Waals surface area (Å²) < 4.78 is 26.2. The van der Waals surface area contributed by atoms with Crippen LogP contribution in [0.25, 0.3) is 11.4 Å². The molecule has 3 aromatic rings. The van der Waals surface area contributed by atoms with Crippen LogP contribution in [0.1, 0.15) is 11.8 Å². The fraction of sp³-hybridized carbons (Fsp3) is 0.444. The summed E-state index contributed by atoms with van der Waals surface area (Å²) in [5, 5.41) is 17.4. The van der Waals surface area contributed by atoms with E-state index in [9.17, 15) is 4.39 Å². The number of morpholine rings is 1. The summed E-state index contributed by atoms with van der Waals surface area (Å²) in [5.74, 6) is 2.05. The van der Waals surface area contributed by atoms with Crippen LogP contribution in [0, 0.1) is 12.7 Å². The van der Waals surface area contributed by atoms with E-state index in [-0.39, 0.29) is 5.82 Å². The molecule has 3 heterocycles. The lowest BCUT2D eigenvalue weighted by atomic mass is 10.2. The first kappa shape index (κ1) is 19.0. The fourth-order valence-electron chi connectivity index (χ4n) is 3.00. The fourth-order valence-corrected chi connectivity index (χ4v) is 3.80. The lowest BCUT2D eigenvalue weighted by molar-refractivity contribution is 0.0361. The molecular weight excluding hydrogens is 383 g/mol. The Labute approximate surface area is 166 Å². The van der Waals surface area contributed by atoms with Gasteiger partial charge in [-0.25, -0.2) is 4.39 Å². The van der Waals surface area contributed by atoms with Crippen LogP contribution in [0.3, 0.4) is 0 Å². The summed E-state index contributed by atoms with van der Waals surface area (Å²) in [5.41, 5.74) is 0.830. The maximum absolute atomic E-state index is 13.3. The zero-order chi connectivity index (χ0) is 19.3. The summed E-state index contributed by atoms with van der Waals surface area (Å²) in [6.45, 7) is 6.69. The Kier molecular flexibility index (Phi) is 5.98. The number of ether oxygens (including phenoxy) is 1. The Hall–Kier alpha value is -2.30. The van der Waals surface area contributed by atoms with Crippen LogP contribution >= 0.6 is 11.8 Å². The van der Waals surface area contributed by atoms with Crippen molar-refractivity contribution in [3.05, 3.63) is 41.9 Å². The van der Waals surface area contributed by atoms with Crippen molar-refractivity contribution < 1.29 is 13.5 Å². The van der Waals surface area contributed by atoms with Gasteiger partial charge in [0.1, 0.15) is 5.82 Å². The molecule has 0 radical (unpaired) electrons. The molecule has 1 saturated heterocycles. The minimum absolute atomic E-state index is 0.274. The zero-order valence-electron chi connectivity index (χ0n) is 15.5. The van der Waals surface area contributed by atoms with Crippen LogP contribution in [-0.4, -0.2) is 62.7 Å². The summed E-state index contributed by atoms with van der Waals surface area (Å²) in [6.07, 6.45) is 0. The zero-order valence-corrected chi connectivity index (χ0v) is 16.4. The highest BCUT2D eigenvalue weighted by molar-refractivity contribution is 7.98. The molecule has 0 amide bonds. The average molecular weight is 404 g/mol. The van der Waals surface area contributed by atoms with Gasteiger partial charge in [0, 0.05) is 38.7 Å². The largest absolute Gasteiger partial charge is 0.425 e. The number of hydrogen-bond donors (Lipinski definition) is 0. The van der Waals surface area contributed by atoms with E-state index < -0.39 is 0 Å². The number of aryl methyl sites for hydroxylation is 1. The molecule has 0 bridgehead atoms. The second-order valence-corrected chi connectivity index (χ2v) is 7.36. The predicted molar refractivity (Wildman–Crippen MR) is 101 cm³/mol. The molecule has 0 saturated carbocycles. The number of halogens is 1. The lowest BCUT2D eigenvalue weighted by Gasteiger charge is -2.27. The third kappa shape index (κ3) is 4.57. The molecule has 1 aliphatic heterocycles. The second-order valence-electron chi connectivity index (χ2n) is 6.42. The average Bonchev–Trinajstić information content (AvgIpc) is 3.32. The first-order chi connectivity index (χ1) is 13.7. The summed E-state index contributed by atoms with van der Waals surface area (Å²) in [4.78, 5) is 2.35. The summed E-state index contributed by atoms with van der Waals surface area (Å²) in [7, 11) is 0. The van der Waals surface area contributed by atoms with Crippen molar-refractivity contribution >= 4 is 11.8 Å². The maximum Gasteiger partial charge on any atom is 0.226 e. The Balaban J connectivity index is 1.54. The van der Waals surface area contributed by atoms with Crippen molar-refractivity contribution in [3.8, 4) is 11.4 Å². The quantitative estimate of drug-likeness (QED) is 0.555. The highest BCUT2D eigenvalue weighted by Crippen LogP contribution is 2.26. The molecule has 10 heteroatoms. The van der Waals surface area contributed by atoms with Gasteiger partial charge in [0.2, 0.25) is 11.8 Å². The van der Waals surface area contributed by atoms with E-state index in [1.807, 2.05) is 0 Å². The second kappa shape index (κ2) is 8.80. The molecule has 28 heavy (non-hydrogen) atoms. The normalized spacial score (nSPS) is 15.2. The van der Waals surface area contributed by atoms with Gasteiger partial charge in [0.05, 0.1) is 19.0 Å². The molecule has 8 nitrogen and oxygen atoms in total. The summed E-state index contributed by atoms with van der Waals surface area (Å²) >= 11 is 1.49. The molecule has 1 aliphatic rings. The van der Waals surface area contributed by atoms with Crippen molar-refractivity contribution in [2.45, 2.75) is 24.4 Å². The van der Waals surface area contributed by atoms with Crippen molar-refractivity contribution in [1.82, 2.24) is 29.9 Å². The number of thioether (sulfide) groups is 1. The number of hydrogen-bond acceptors (Lipinski definition) is 8. The van der Waals surface area contributed by atoms with Crippen molar-refractivity contribution in [2.24, 2.45) is 0 Å². The maximum atomic E-state index is 13.3. The van der Waals surface area contributed by atoms with Crippen LogP contribution < -0.4 is 0 Å². The van der Waals surface area contributed by atoms with Gasteiger partial charge in [-0.1, -0.05) is 11.8 Å². The van der Waals surface area contributed by atoms with Crippen molar-refractivity contribution in [2.75, 3.05) is 32.8 Å². The topological polar surface area (TPSA) is 82.1 Å². The Bertz CT molecular complexity index is 907. The molecule has 0 N–H and O–H groups in total.